The van der Waals surface area contributed by atoms with Crippen LogP contribution in [0.2, 0.25) is 0 Å². The highest BCUT2D eigenvalue weighted by molar-refractivity contribution is 6.08. The molecule has 0 saturated carbocycles. The molecule has 0 aliphatic carbocycles. The van der Waals surface area contributed by atoms with Gasteiger partial charge < -0.3 is 0 Å². The van der Waals surface area contributed by atoms with Crippen LogP contribution in [0.5, 0.6) is 0 Å². The fourth-order valence-corrected chi connectivity index (χ4v) is 2.31. The summed E-state index contributed by atoms with van der Waals surface area (Å²) in [5.74, 6) is 0. The summed E-state index contributed by atoms with van der Waals surface area (Å²) < 4.78 is 0.771. The molecular formula is C15H16N3+. The van der Waals surface area contributed by atoms with Gasteiger partial charge in [0.1, 0.15) is 11.2 Å². The van der Waals surface area contributed by atoms with Gasteiger partial charge >= 0.3 is 0 Å². The third-order valence-electron chi connectivity index (χ3n) is 3.16. The van der Waals surface area contributed by atoms with E-state index in [9.17, 15) is 0 Å². The first-order valence-electron chi connectivity index (χ1n) is 6.02. The molecule has 0 N–H and O–H groups in total. The van der Waals surface area contributed by atoms with Gasteiger partial charge in [0.25, 0.3) is 0 Å². The van der Waals surface area contributed by atoms with Crippen LogP contribution in [0.4, 0.5) is 5.69 Å². The van der Waals surface area contributed by atoms with E-state index in [1.807, 2.05) is 24.5 Å². The van der Waals surface area contributed by atoms with Crippen molar-refractivity contribution in [2.24, 2.45) is 0 Å². The van der Waals surface area contributed by atoms with Crippen molar-refractivity contribution in [2.45, 2.75) is 0 Å². The Kier molecular flexibility index (Phi) is 2.31. The number of aromatic nitrogens is 2. The van der Waals surface area contributed by atoms with Crippen molar-refractivity contribution in [3.63, 3.8) is 0 Å². The maximum Gasteiger partial charge on any atom is 0.142 e. The topological polar surface area (TPSA) is 25.8 Å². The summed E-state index contributed by atoms with van der Waals surface area (Å²) in [7, 11) is 6.51. The SMILES string of the molecule is C[N+](C)(C)c1cc2cccnc2c2ncccc12. The Labute approximate surface area is 106 Å². The molecule has 0 aliphatic rings. The highest BCUT2D eigenvalue weighted by atomic mass is 15.3. The third kappa shape index (κ3) is 1.64. The summed E-state index contributed by atoms with van der Waals surface area (Å²) in [6, 6.07) is 10.4. The molecule has 0 spiro atoms. The van der Waals surface area contributed by atoms with Gasteiger partial charge in [0.15, 0.2) is 0 Å². The number of quaternary nitrogens is 1. The molecule has 0 radical (unpaired) electrons. The van der Waals surface area contributed by atoms with Crippen LogP contribution in [0.3, 0.4) is 0 Å². The van der Waals surface area contributed by atoms with E-state index < -0.39 is 0 Å². The van der Waals surface area contributed by atoms with Crippen LogP contribution >= 0.6 is 0 Å². The van der Waals surface area contributed by atoms with Crippen molar-refractivity contribution in [2.75, 3.05) is 21.1 Å². The molecule has 2 heterocycles. The smallest absolute Gasteiger partial charge is 0.142 e. The molecule has 0 bridgehead atoms. The Bertz CT molecular complexity index is 726. The molecule has 3 heteroatoms. The summed E-state index contributed by atoms with van der Waals surface area (Å²) >= 11 is 0. The highest BCUT2D eigenvalue weighted by Crippen LogP contribution is 2.32. The summed E-state index contributed by atoms with van der Waals surface area (Å²) in [5, 5.41) is 2.32. The number of benzene rings is 1. The maximum atomic E-state index is 4.51. The molecule has 3 rings (SSSR count). The Balaban J connectivity index is 2.55. The van der Waals surface area contributed by atoms with Gasteiger partial charge in [-0.25, -0.2) is 0 Å². The second-order valence-electron chi connectivity index (χ2n) is 5.38. The van der Waals surface area contributed by atoms with E-state index in [1.165, 1.54) is 11.1 Å². The Morgan fingerprint density at radius 2 is 1.56 bits per heavy atom. The minimum absolute atomic E-state index is 0.771. The lowest BCUT2D eigenvalue weighted by Crippen LogP contribution is -2.35. The zero-order valence-corrected chi connectivity index (χ0v) is 10.9. The van der Waals surface area contributed by atoms with Crippen LogP contribution in [-0.2, 0) is 0 Å². The van der Waals surface area contributed by atoms with Crippen molar-refractivity contribution in [1.82, 2.24) is 14.5 Å². The van der Waals surface area contributed by atoms with E-state index in [1.54, 1.807) is 0 Å². The van der Waals surface area contributed by atoms with Crippen molar-refractivity contribution in [3.8, 4) is 0 Å². The molecule has 2 aromatic heterocycles. The average Bonchev–Trinajstić information content (AvgIpc) is 2.37. The number of hydrogen-bond acceptors (Lipinski definition) is 2. The van der Waals surface area contributed by atoms with Gasteiger partial charge in [-0.05, 0) is 18.2 Å². The lowest BCUT2D eigenvalue weighted by Gasteiger charge is -2.25. The molecule has 0 aliphatic heterocycles. The van der Waals surface area contributed by atoms with Crippen LogP contribution in [0.25, 0.3) is 21.8 Å². The quantitative estimate of drug-likeness (QED) is 0.481. The average molecular weight is 238 g/mol. The lowest BCUT2D eigenvalue weighted by molar-refractivity contribution is 0.490. The fourth-order valence-electron chi connectivity index (χ4n) is 2.31. The minimum atomic E-state index is 0.771. The minimum Gasteiger partial charge on any atom is -0.298 e. The number of hydrogen-bond donors (Lipinski definition) is 0. The monoisotopic (exact) mass is 238 g/mol. The van der Waals surface area contributed by atoms with Crippen molar-refractivity contribution >= 4 is 27.5 Å². The second kappa shape index (κ2) is 3.75. The molecule has 3 nitrogen and oxygen atoms in total. The molecule has 0 atom stereocenters. The van der Waals surface area contributed by atoms with Crippen LogP contribution in [0.15, 0.2) is 42.7 Å². The van der Waals surface area contributed by atoms with Crippen molar-refractivity contribution in [3.05, 3.63) is 42.7 Å². The predicted octanol–water partition coefficient (Wildman–Crippen LogP) is 2.98. The van der Waals surface area contributed by atoms with E-state index in [2.05, 4.69) is 49.3 Å². The molecule has 0 amide bonds. The number of nitrogens with zero attached hydrogens (tertiary/aromatic N) is 3. The van der Waals surface area contributed by atoms with Gasteiger partial charge in [0.2, 0.25) is 0 Å². The summed E-state index contributed by atoms with van der Waals surface area (Å²) in [6.45, 7) is 0. The number of pyridine rings is 2. The van der Waals surface area contributed by atoms with Crippen molar-refractivity contribution in [1.29, 1.82) is 0 Å². The van der Waals surface area contributed by atoms with Gasteiger partial charge in [-0.15, -0.1) is 0 Å². The first-order chi connectivity index (χ1) is 8.57. The standard InChI is InChI=1S/C15H16N3/c1-18(2,3)13-10-11-6-4-8-16-14(11)15-12(13)7-5-9-17-15/h4-10H,1-3H3/q+1. The van der Waals surface area contributed by atoms with E-state index >= 15 is 0 Å². The summed E-state index contributed by atoms with van der Waals surface area (Å²) in [4.78, 5) is 8.97. The van der Waals surface area contributed by atoms with Crippen LogP contribution in [-0.4, -0.2) is 31.1 Å². The van der Waals surface area contributed by atoms with Gasteiger partial charge in [0.05, 0.1) is 32.0 Å². The van der Waals surface area contributed by atoms with Crippen LogP contribution in [0, 0.1) is 0 Å². The molecular weight excluding hydrogens is 222 g/mol. The normalized spacial score (nSPS) is 12.2. The first-order valence-corrected chi connectivity index (χ1v) is 6.02. The maximum absolute atomic E-state index is 4.51. The van der Waals surface area contributed by atoms with E-state index in [4.69, 9.17) is 0 Å². The largest absolute Gasteiger partial charge is 0.298 e. The fraction of sp³-hybridized carbons (Fsp3) is 0.200. The predicted molar refractivity (Wildman–Crippen MR) is 76.6 cm³/mol. The van der Waals surface area contributed by atoms with Gasteiger partial charge in [-0.2, -0.15) is 0 Å². The first kappa shape index (κ1) is 11.1. The zero-order valence-electron chi connectivity index (χ0n) is 10.9. The van der Waals surface area contributed by atoms with E-state index in [0.717, 1.165) is 20.9 Å². The second-order valence-corrected chi connectivity index (χ2v) is 5.38. The zero-order chi connectivity index (χ0) is 12.8. The number of fused-ring (bicyclic) bond motifs is 3. The van der Waals surface area contributed by atoms with Gasteiger partial charge in [-0.3, -0.25) is 14.5 Å². The Hall–Kier alpha value is -2.00. The molecule has 18 heavy (non-hydrogen) atoms. The third-order valence-corrected chi connectivity index (χ3v) is 3.16. The molecule has 90 valence electrons. The van der Waals surface area contributed by atoms with Gasteiger partial charge in [0, 0.05) is 23.8 Å². The summed E-state index contributed by atoms with van der Waals surface area (Å²) in [5.41, 5.74) is 3.22. The number of rotatable bonds is 1. The molecule has 0 unspecified atom stereocenters. The van der Waals surface area contributed by atoms with E-state index in [0.29, 0.717) is 0 Å². The van der Waals surface area contributed by atoms with Crippen LogP contribution in [0.1, 0.15) is 0 Å². The molecule has 0 fully saturated rings. The summed E-state index contributed by atoms with van der Waals surface area (Å²) in [6.07, 6.45) is 3.65. The lowest BCUT2D eigenvalue weighted by atomic mass is 10.1. The van der Waals surface area contributed by atoms with E-state index in [-0.39, 0.29) is 0 Å². The Morgan fingerprint density at radius 3 is 2.28 bits per heavy atom. The van der Waals surface area contributed by atoms with Gasteiger partial charge in [-0.1, -0.05) is 6.07 Å². The van der Waals surface area contributed by atoms with Crippen molar-refractivity contribution < 1.29 is 0 Å². The molecule has 1 aromatic carbocycles. The molecule has 3 aromatic rings. The molecule has 0 saturated heterocycles. The van der Waals surface area contributed by atoms with Crippen LogP contribution < -0.4 is 4.48 Å². The highest BCUT2D eigenvalue weighted by Gasteiger charge is 2.18. The Morgan fingerprint density at radius 1 is 0.889 bits per heavy atom.